The number of hydrogen-bond donors (Lipinski definition) is 1. The molecular weight excluding hydrogens is 258 g/mol. The molecule has 1 aromatic carbocycles. The van der Waals surface area contributed by atoms with E-state index in [2.05, 4.69) is 43.3 Å². The summed E-state index contributed by atoms with van der Waals surface area (Å²) in [6.07, 6.45) is 1.86. The molecule has 2 rings (SSSR count). The Bertz CT molecular complexity index is 548. The van der Waals surface area contributed by atoms with Gasteiger partial charge in [0.15, 0.2) is 0 Å². The van der Waals surface area contributed by atoms with E-state index in [4.69, 9.17) is 11.6 Å². The summed E-state index contributed by atoms with van der Waals surface area (Å²) >= 11 is 6.04. The highest BCUT2D eigenvalue weighted by Gasteiger charge is 2.18. The van der Waals surface area contributed by atoms with Crippen LogP contribution in [0.15, 0.2) is 30.5 Å². The van der Waals surface area contributed by atoms with E-state index in [-0.39, 0.29) is 6.04 Å². The van der Waals surface area contributed by atoms with Gasteiger partial charge in [0.25, 0.3) is 0 Å². The third-order valence-corrected chi connectivity index (χ3v) is 3.53. The molecule has 0 aliphatic rings. The molecule has 0 bridgehead atoms. The SMILES string of the molecule is CCNC(c1ccc(Cl)cc1C)c1ccnn1CC. The molecule has 0 saturated carbocycles. The monoisotopic (exact) mass is 277 g/mol. The van der Waals surface area contributed by atoms with Gasteiger partial charge in [0, 0.05) is 17.8 Å². The van der Waals surface area contributed by atoms with Gasteiger partial charge in [-0.05, 0) is 49.7 Å². The molecule has 102 valence electrons. The van der Waals surface area contributed by atoms with Crippen molar-refractivity contribution < 1.29 is 0 Å². The largest absolute Gasteiger partial charge is 0.305 e. The van der Waals surface area contributed by atoms with E-state index in [1.54, 1.807) is 0 Å². The first-order valence-electron chi connectivity index (χ1n) is 6.68. The number of hydrogen-bond acceptors (Lipinski definition) is 2. The first kappa shape index (κ1) is 14.1. The summed E-state index contributed by atoms with van der Waals surface area (Å²) in [7, 11) is 0. The molecule has 2 aromatic rings. The van der Waals surface area contributed by atoms with Crippen molar-refractivity contribution in [3.8, 4) is 0 Å². The van der Waals surface area contributed by atoms with Crippen LogP contribution in [0.1, 0.15) is 36.7 Å². The van der Waals surface area contributed by atoms with E-state index < -0.39 is 0 Å². The van der Waals surface area contributed by atoms with Gasteiger partial charge in [0.05, 0.1) is 11.7 Å². The highest BCUT2D eigenvalue weighted by molar-refractivity contribution is 6.30. The Morgan fingerprint density at radius 1 is 1.32 bits per heavy atom. The van der Waals surface area contributed by atoms with Crippen LogP contribution in [-0.2, 0) is 6.54 Å². The average Bonchev–Trinajstić information content (AvgIpc) is 2.85. The van der Waals surface area contributed by atoms with Gasteiger partial charge in [-0.15, -0.1) is 0 Å². The summed E-state index contributed by atoms with van der Waals surface area (Å²) in [6, 6.07) is 8.28. The van der Waals surface area contributed by atoms with Crippen molar-refractivity contribution >= 4 is 11.6 Å². The predicted molar refractivity (Wildman–Crippen MR) is 79.6 cm³/mol. The second-order valence-corrected chi connectivity index (χ2v) is 5.00. The minimum absolute atomic E-state index is 0.157. The topological polar surface area (TPSA) is 29.9 Å². The zero-order chi connectivity index (χ0) is 13.8. The maximum Gasteiger partial charge on any atom is 0.0750 e. The Morgan fingerprint density at radius 3 is 2.74 bits per heavy atom. The fraction of sp³-hybridized carbons (Fsp3) is 0.400. The number of nitrogens with one attached hydrogen (secondary N) is 1. The predicted octanol–water partition coefficient (Wildman–Crippen LogP) is 3.56. The molecule has 0 fully saturated rings. The first-order chi connectivity index (χ1) is 9.17. The standard InChI is InChI=1S/C15H20ClN3/c1-4-17-15(14-8-9-18-19(14)5-2)13-7-6-12(16)10-11(13)3/h6-10,15,17H,4-5H2,1-3H3. The van der Waals surface area contributed by atoms with Crippen molar-refractivity contribution in [1.82, 2.24) is 15.1 Å². The van der Waals surface area contributed by atoms with Gasteiger partial charge in [-0.25, -0.2) is 0 Å². The fourth-order valence-electron chi connectivity index (χ4n) is 2.39. The minimum atomic E-state index is 0.157. The van der Waals surface area contributed by atoms with Gasteiger partial charge in [-0.2, -0.15) is 5.10 Å². The Labute approximate surface area is 119 Å². The molecule has 1 heterocycles. The quantitative estimate of drug-likeness (QED) is 0.906. The van der Waals surface area contributed by atoms with Crippen LogP contribution in [0.2, 0.25) is 5.02 Å². The van der Waals surface area contributed by atoms with Crippen LogP contribution in [0.5, 0.6) is 0 Å². The van der Waals surface area contributed by atoms with Gasteiger partial charge >= 0.3 is 0 Å². The second-order valence-electron chi connectivity index (χ2n) is 4.56. The summed E-state index contributed by atoms with van der Waals surface area (Å²) in [5.74, 6) is 0. The second kappa shape index (κ2) is 6.22. The number of halogens is 1. The molecule has 0 aliphatic carbocycles. The van der Waals surface area contributed by atoms with Gasteiger partial charge in [0.1, 0.15) is 0 Å². The highest BCUT2D eigenvalue weighted by atomic mass is 35.5. The Kier molecular flexibility index (Phi) is 4.61. The lowest BCUT2D eigenvalue weighted by Gasteiger charge is -2.21. The lowest BCUT2D eigenvalue weighted by Crippen LogP contribution is -2.25. The van der Waals surface area contributed by atoms with Gasteiger partial charge in [-0.1, -0.05) is 24.6 Å². The maximum absolute atomic E-state index is 6.04. The van der Waals surface area contributed by atoms with Crippen molar-refractivity contribution in [3.05, 3.63) is 52.3 Å². The number of aryl methyl sites for hydroxylation is 2. The van der Waals surface area contributed by atoms with Crippen LogP contribution in [0.3, 0.4) is 0 Å². The third kappa shape index (κ3) is 2.99. The summed E-state index contributed by atoms with van der Waals surface area (Å²) in [4.78, 5) is 0. The minimum Gasteiger partial charge on any atom is -0.305 e. The zero-order valence-corrected chi connectivity index (χ0v) is 12.4. The Morgan fingerprint density at radius 2 is 2.11 bits per heavy atom. The normalized spacial score (nSPS) is 12.6. The molecular formula is C15H20ClN3. The number of rotatable bonds is 5. The highest BCUT2D eigenvalue weighted by Crippen LogP contribution is 2.26. The molecule has 19 heavy (non-hydrogen) atoms. The van der Waals surface area contributed by atoms with Crippen LogP contribution in [0.25, 0.3) is 0 Å². The smallest absolute Gasteiger partial charge is 0.0750 e. The van der Waals surface area contributed by atoms with E-state index in [1.807, 2.05) is 23.0 Å². The van der Waals surface area contributed by atoms with E-state index in [0.29, 0.717) is 0 Å². The molecule has 4 heteroatoms. The Balaban J connectivity index is 2.45. The lowest BCUT2D eigenvalue weighted by molar-refractivity contribution is 0.541. The van der Waals surface area contributed by atoms with Crippen molar-refractivity contribution in [2.75, 3.05) is 6.54 Å². The summed E-state index contributed by atoms with van der Waals surface area (Å²) in [5, 5.41) is 8.67. The molecule has 1 N–H and O–H groups in total. The molecule has 1 atom stereocenters. The molecule has 0 aliphatic heterocycles. The van der Waals surface area contributed by atoms with Crippen molar-refractivity contribution in [2.24, 2.45) is 0 Å². The van der Waals surface area contributed by atoms with Crippen LogP contribution in [0, 0.1) is 6.92 Å². The number of nitrogens with zero attached hydrogens (tertiary/aromatic N) is 2. The molecule has 0 spiro atoms. The van der Waals surface area contributed by atoms with E-state index in [0.717, 1.165) is 18.1 Å². The summed E-state index contributed by atoms with van der Waals surface area (Å²) in [6.45, 7) is 8.09. The number of benzene rings is 1. The van der Waals surface area contributed by atoms with Crippen molar-refractivity contribution in [1.29, 1.82) is 0 Å². The van der Waals surface area contributed by atoms with Gasteiger partial charge in [-0.3, -0.25) is 4.68 Å². The van der Waals surface area contributed by atoms with E-state index in [9.17, 15) is 0 Å². The fourth-order valence-corrected chi connectivity index (χ4v) is 2.62. The molecule has 1 aromatic heterocycles. The molecule has 0 amide bonds. The zero-order valence-electron chi connectivity index (χ0n) is 11.7. The molecule has 3 nitrogen and oxygen atoms in total. The van der Waals surface area contributed by atoms with Crippen LogP contribution >= 0.6 is 11.6 Å². The van der Waals surface area contributed by atoms with Crippen molar-refractivity contribution in [3.63, 3.8) is 0 Å². The van der Waals surface area contributed by atoms with Crippen molar-refractivity contribution in [2.45, 2.75) is 33.4 Å². The maximum atomic E-state index is 6.04. The molecule has 0 radical (unpaired) electrons. The Hall–Kier alpha value is -1.32. The van der Waals surface area contributed by atoms with E-state index in [1.165, 1.54) is 16.8 Å². The average molecular weight is 278 g/mol. The lowest BCUT2D eigenvalue weighted by atomic mass is 9.98. The molecule has 0 saturated heterocycles. The summed E-state index contributed by atoms with van der Waals surface area (Å²) < 4.78 is 2.03. The molecule has 1 unspecified atom stereocenters. The van der Waals surface area contributed by atoms with Gasteiger partial charge < -0.3 is 5.32 Å². The van der Waals surface area contributed by atoms with E-state index >= 15 is 0 Å². The first-order valence-corrected chi connectivity index (χ1v) is 7.06. The van der Waals surface area contributed by atoms with Crippen LogP contribution < -0.4 is 5.32 Å². The third-order valence-electron chi connectivity index (χ3n) is 3.30. The van der Waals surface area contributed by atoms with Gasteiger partial charge in [0.2, 0.25) is 0 Å². The van der Waals surface area contributed by atoms with Crippen LogP contribution in [-0.4, -0.2) is 16.3 Å². The summed E-state index contributed by atoms with van der Waals surface area (Å²) in [5.41, 5.74) is 3.64. The van der Waals surface area contributed by atoms with Crippen LogP contribution in [0.4, 0.5) is 0 Å². The number of aromatic nitrogens is 2.